The summed E-state index contributed by atoms with van der Waals surface area (Å²) in [6.07, 6.45) is 5.04. The molecule has 0 spiro atoms. The zero-order chi connectivity index (χ0) is 20.8. The lowest BCUT2D eigenvalue weighted by atomic mass is 9.93. The number of likely N-dealkylation sites (tertiary alicyclic amines) is 1. The Kier molecular flexibility index (Phi) is 6.90. The molecule has 7 nitrogen and oxygen atoms in total. The fraction of sp³-hybridized carbons (Fsp3) is 0.500. The first kappa shape index (κ1) is 20.9. The van der Waals surface area contributed by atoms with Crippen LogP contribution in [0.5, 0.6) is 5.75 Å². The predicted octanol–water partition coefficient (Wildman–Crippen LogP) is 3.81. The van der Waals surface area contributed by atoms with Crippen molar-refractivity contribution < 1.29 is 14.3 Å². The molecule has 1 saturated heterocycles. The summed E-state index contributed by atoms with van der Waals surface area (Å²) in [5.74, 6) is 1.38. The van der Waals surface area contributed by atoms with Gasteiger partial charge in [-0.15, -0.1) is 0 Å². The number of nitrogens with zero attached hydrogens (tertiary/aromatic N) is 2. The third kappa shape index (κ3) is 5.37. The van der Waals surface area contributed by atoms with E-state index in [2.05, 4.69) is 29.4 Å². The van der Waals surface area contributed by atoms with Gasteiger partial charge >= 0.3 is 0 Å². The second-order valence-electron chi connectivity index (χ2n) is 7.99. The van der Waals surface area contributed by atoms with E-state index >= 15 is 0 Å². The summed E-state index contributed by atoms with van der Waals surface area (Å²) in [4.78, 5) is 27.1. The topological polar surface area (TPSA) is 87.3 Å². The van der Waals surface area contributed by atoms with Crippen molar-refractivity contribution in [1.29, 1.82) is 0 Å². The lowest BCUT2D eigenvalue weighted by Gasteiger charge is -2.33. The van der Waals surface area contributed by atoms with E-state index in [4.69, 9.17) is 4.74 Å². The van der Waals surface area contributed by atoms with Gasteiger partial charge in [-0.05, 0) is 49.4 Å². The van der Waals surface area contributed by atoms with Crippen molar-refractivity contribution in [2.45, 2.75) is 45.4 Å². The summed E-state index contributed by atoms with van der Waals surface area (Å²) in [7, 11) is 1.59. The molecule has 1 aliphatic rings. The maximum Gasteiger partial charge on any atom is 0.255 e. The van der Waals surface area contributed by atoms with E-state index in [1.54, 1.807) is 37.6 Å². The lowest BCUT2D eigenvalue weighted by Crippen LogP contribution is -2.39. The van der Waals surface area contributed by atoms with Crippen LogP contribution in [-0.2, 0) is 4.79 Å². The molecular formula is C22H30N4O3. The highest BCUT2D eigenvalue weighted by Crippen LogP contribution is 2.31. The van der Waals surface area contributed by atoms with E-state index in [1.165, 1.54) is 0 Å². The molecule has 2 amide bonds. The third-order valence-electron chi connectivity index (χ3n) is 5.39. The van der Waals surface area contributed by atoms with E-state index in [1.807, 2.05) is 4.90 Å². The zero-order valence-corrected chi connectivity index (χ0v) is 17.4. The predicted molar refractivity (Wildman–Crippen MR) is 112 cm³/mol. The number of anilines is 1. The summed E-state index contributed by atoms with van der Waals surface area (Å²) in [5, 5.41) is 10.1. The van der Waals surface area contributed by atoms with Crippen LogP contribution in [0.1, 0.15) is 61.5 Å². The Bertz CT molecular complexity index is 829. The maximum absolute atomic E-state index is 12.6. The Morgan fingerprint density at radius 3 is 2.76 bits per heavy atom. The van der Waals surface area contributed by atoms with E-state index in [9.17, 15) is 9.59 Å². The summed E-state index contributed by atoms with van der Waals surface area (Å²) in [6, 6.07) is 6.97. The van der Waals surface area contributed by atoms with Crippen LogP contribution in [0, 0.1) is 5.92 Å². The number of ether oxygens (including phenoxy) is 1. The summed E-state index contributed by atoms with van der Waals surface area (Å²) < 4.78 is 5.13. The highest BCUT2D eigenvalue weighted by Gasteiger charge is 2.27. The van der Waals surface area contributed by atoms with Crippen LogP contribution in [0.25, 0.3) is 0 Å². The molecular weight excluding hydrogens is 368 g/mol. The Hall–Kier alpha value is -2.83. The minimum Gasteiger partial charge on any atom is -0.497 e. The molecule has 0 radical (unpaired) electrons. The van der Waals surface area contributed by atoms with Gasteiger partial charge in [-0.25, -0.2) is 0 Å². The second kappa shape index (κ2) is 9.58. The average molecular weight is 399 g/mol. The molecule has 156 valence electrons. The monoisotopic (exact) mass is 398 g/mol. The van der Waals surface area contributed by atoms with Crippen molar-refractivity contribution >= 4 is 17.5 Å². The van der Waals surface area contributed by atoms with Crippen LogP contribution in [0.4, 0.5) is 5.69 Å². The van der Waals surface area contributed by atoms with Gasteiger partial charge in [0.25, 0.3) is 5.91 Å². The number of benzene rings is 1. The number of hydrogen-bond donors (Lipinski definition) is 2. The Labute approximate surface area is 171 Å². The van der Waals surface area contributed by atoms with Gasteiger partial charge < -0.3 is 15.0 Å². The average Bonchev–Trinajstić information content (AvgIpc) is 3.20. The van der Waals surface area contributed by atoms with Crippen LogP contribution >= 0.6 is 0 Å². The number of piperidine rings is 1. The quantitative estimate of drug-likeness (QED) is 0.742. The summed E-state index contributed by atoms with van der Waals surface area (Å²) >= 11 is 0. The number of aromatic amines is 1. The SMILES string of the molecule is COc1ccc(C(=O)Nc2cn[nH]c2[C@@H]2CCCN(C(=O)CCC(C)C)C2)cc1. The van der Waals surface area contributed by atoms with Crippen LogP contribution in [0.15, 0.2) is 30.5 Å². The Morgan fingerprint density at radius 2 is 2.07 bits per heavy atom. The molecule has 1 aromatic carbocycles. The van der Waals surface area contributed by atoms with E-state index in [-0.39, 0.29) is 17.7 Å². The van der Waals surface area contributed by atoms with Crippen LogP contribution < -0.4 is 10.1 Å². The first-order valence-corrected chi connectivity index (χ1v) is 10.2. The molecule has 3 rings (SSSR count). The van der Waals surface area contributed by atoms with Crippen LogP contribution in [0.2, 0.25) is 0 Å². The lowest BCUT2D eigenvalue weighted by molar-refractivity contribution is -0.132. The number of carbonyl (C=O) groups is 2. The summed E-state index contributed by atoms with van der Waals surface area (Å²) in [5.41, 5.74) is 2.10. The third-order valence-corrected chi connectivity index (χ3v) is 5.39. The van der Waals surface area contributed by atoms with Gasteiger partial charge in [0, 0.05) is 31.0 Å². The molecule has 0 unspecified atom stereocenters. The smallest absolute Gasteiger partial charge is 0.255 e. The van der Waals surface area contributed by atoms with Crippen molar-refractivity contribution in [3.05, 3.63) is 41.7 Å². The van der Waals surface area contributed by atoms with Gasteiger partial charge in [0.15, 0.2) is 0 Å². The number of H-pyrrole nitrogens is 1. The van der Waals surface area contributed by atoms with Gasteiger partial charge in [0.1, 0.15) is 5.75 Å². The second-order valence-corrected chi connectivity index (χ2v) is 7.99. The van der Waals surface area contributed by atoms with Gasteiger partial charge in [-0.1, -0.05) is 13.8 Å². The molecule has 0 aliphatic carbocycles. The van der Waals surface area contributed by atoms with E-state index in [0.29, 0.717) is 35.9 Å². The molecule has 29 heavy (non-hydrogen) atoms. The number of hydrogen-bond acceptors (Lipinski definition) is 4. The first-order chi connectivity index (χ1) is 14.0. The van der Waals surface area contributed by atoms with E-state index < -0.39 is 0 Å². The minimum atomic E-state index is -0.198. The van der Waals surface area contributed by atoms with Crippen molar-refractivity contribution in [3.63, 3.8) is 0 Å². The van der Waals surface area contributed by atoms with Crippen molar-refractivity contribution in [1.82, 2.24) is 15.1 Å². The maximum atomic E-state index is 12.6. The number of nitrogens with one attached hydrogen (secondary N) is 2. The molecule has 1 aromatic heterocycles. The molecule has 1 atom stereocenters. The Morgan fingerprint density at radius 1 is 1.31 bits per heavy atom. The normalized spacial score (nSPS) is 16.7. The van der Waals surface area contributed by atoms with Crippen molar-refractivity contribution in [2.75, 3.05) is 25.5 Å². The molecule has 7 heteroatoms. The van der Waals surface area contributed by atoms with Gasteiger partial charge in [0.2, 0.25) is 5.91 Å². The van der Waals surface area contributed by atoms with Gasteiger partial charge in [-0.3, -0.25) is 14.7 Å². The van der Waals surface area contributed by atoms with Crippen LogP contribution in [-0.4, -0.2) is 47.1 Å². The molecule has 2 aromatic rings. The fourth-order valence-electron chi connectivity index (χ4n) is 3.65. The molecule has 2 N–H and O–H groups in total. The zero-order valence-electron chi connectivity index (χ0n) is 17.4. The Balaban J connectivity index is 1.65. The largest absolute Gasteiger partial charge is 0.497 e. The van der Waals surface area contributed by atoms with E-state index in [0.717, 1.165) is 31.5 Å². The van der Waals surface area contributed by atoms with Crippen molar-refractivity contribution in [2.24, 2.45) is 5.92 Å². The number of carbonyl (C=O) groups excluding carboxylic acids is 2. The fourth-order valence-corrected chi connectivity index (χ4v) is 3.65. The standard InChI is InChI=1S/C22H30N4O3/c1-15(2)6-11-20(27)26-12-4-5-17(14-26)21-19(13-23-25-21)24-22(28)16-7-9-18(29-3)10-8-16/h7-10,13,15,17H,4-6,11-12,14H2,1-3H3,(H,23,25)(H,24,28)/t17-/m1/s1. The highest BCUT2D eigenvalue weighted by atomic mass is 16.5. The first-order valence-electron chi connectivity index (χ1n) is 10.2. The molecule has 1 aliphatic heterocycles. The molecule has 2 heterocycles. The van der Waals surface area contributed by atoms with Gasteiger partial charge in [-0.2, -0.15) is 5.10 Å². The number of rotatable bonds is 7. The highest BCUT2D eigenvalue weighted by molar-refractivity contribution is 6.04. The summed E-state index contributed by atoms with van der Waals surface area (Å²) in [6.45, 7) is 5.73. The minimum absolute atomic E-state index is 0.139. The molecule has 0 bridgehead atoms. The van der Waals surface area contributed by atoms with Gasteiger partial charge in [0.05, 0.1) is 24.7 Å². The number of aromatic nitrogens is 2. The molecule has 1 fully saturated rings. The number of methoxy groups -OCH3 is 1. The van der Waals surface area contributed by atoms with Crippen molar-refractivity contribution in [3.8, 4) is 5.75 Å². The number of amides is 2. The van der Waals surface area contributed by atoms with Crippen LogP contribution in [0.3, 0.4) is 0 Å². The molecule has 0 saturated carbocycles.